The van der Waals surface area contributed by atoms with Gasteiger partial charge in [0.25, 0.3) is 0 Å². The molecule has 18 heavy (non-hydrogen) atoms. The van der Waals surface area contributed by atoms with Gasteiger partial charge in [0.05, 0.1) is 0 Å². The average Bonchev–Trinajstić information content (AvgIpc) is 2.57. The van der Waals surface area contributed by atoms with E-state index in [1.54, 1.807) is 0 Å². The van der Waals surface area contributed by atoms with Gasteiger partial charge < -0.3 is 10.1 Å². The molecule has 2 heteroatoms. The van der Waals surface area contributed by atoms with Crippen LogP contribution in [-0.2, 0) is 5.41 Å². The van der Waals surface area contributed by atoms with Crippen LogP contribution < -0.4 is 10.1 Å². The van der Waals surface area contributed by atoms with Crippen molar-refractivity contribution in [3.63, 3.8) is 0 Å². The summed E-state index contributed by atoms with van der Waals surface area (Å²) in [6.07, 6.45) is 1.35. The molecule has 0 aliphatic carbocycles. The lowest BCUT2D eigenvalue weighted by Crippen LogP contribution is -2.31. The van der Waals surface area contributed by atoms with Crippen LogP contribution in [0.25, 0.3) is 0 Å². The molecule has 1 N–H and O–H groups in total. The van der Waals surface area contributed by atoms with E-state index < -0.39 is 0 Å². The highest BCUT2D eigenvalue weighted by Crippen LogP contribution is 2.28. The highest BCUT2D eigenvalue weighted by Gasteiger charge is 2.31. The first kappa shape index (κ1) is 13.4. The van der Waals surface area contributed by atoms with Crippen molar-refractivity contribution >= 4 is 0 Å². The lowest BCUT2D eigenvalue weighted by atomic mass is 9.87. The van der Waals surface area contributed by atoms with Gasteiger partial charge in [0.1, 0.15) is 11.9 Å². The molecule has 2 rings (SSSR count). The standard InChI is InChI=1S/C16H25NO/c1-15(2,3)12-7-6-8-13(9-12)18-14-10-16(4,5)17-11-14/h6-9,14,17H,10-11H2,1-5H3. The molecule has 1 aromatic rings. The van der Waals surface area contributed by atoms with Gasteiger partial charge >= 0.3 is 0 Å². The summed E-state index contributed by atoms with van der Waals surface area (Å²) in [6, 6.07) is 8.49. The van der Waals surface area contributed by atoms with Crippen molar-refractivity contribution in [1.82, 2.24) is 5.32 Å². The topological polar surface area (TPSA) is 21.3 Å². The Balaban J connectivity index is 2.07. The normalized spacial score (nSPS) is 23.1. The molecule has 1 unspecified atom stereocenters. The van der Waals surface area contributed by atoms with Crippen LogP contribution >= 0.6 is 0 Å². The molecule has 1 aliphatic heterocycles. The number of hydrogen-bond acceptors (Lipinski definition) is 2. The fourth-order valence-electron chi connectivity index (χ4n) is 2.42. The average molecular weight is 247 g/mol. The van der Waals surface area contributed by atoms with Gasteiger partial charge in [-0.25, -0.2) is 0 Å². The van der Waals surface area contributed by atoms with Crippen LogP contribution in [0.3, 0.4) is 0 Å². The van der Waals surface area contributed by atoms with Crippen molar-refractivity contribution in [3.8, 4) is 5.75 Å². The maximum absolute atomic E-state index is 6.08. The number of benzene rings is 1. The second-order valence-electron chi connectivity index (χ2n) is 6.99. The molecular weight excluding hydrogens is 222 g/mol. The predicted molar refractivity (Wildman–Crippen MR) is 76.3 cm³/mol. The summed E-state index contributed by atoms with van der Waals surface area (Å²) in [4.78, 5) is 0. The fourth-order valence-corrected chi connectivity index (χ4v) is 2.42. The van der Waals surface area contributed by atoms with E-state index in [4.69, 9.17) is 4.74 Å². The van der Waals surface area contributed by atoms with Crippen LogP contribution in [-0.4, -0.2) is 18.2 Å². The summed E-state index contributed by atoms with van der Waals surface area (Å²) in [7, 11) is 0. The Morgan fingerprint density at radius 2 is 2.00 bits per heavy atom. The van der Waals surface area contributed by atoms with Gasteiger partial charge in [-0.1, -0.05) is 32.9 Å². The minimum atomic E-state index is 0.173. The van der Waals surface area contributed by atoms with Crippen molar-refractivity contribution in [3.05, 3.63) is 29.8 Å². The maximum atomic E-state index is 6.08. The van der Waals surface area contributed by atoms with Crippen LogP contribution in [0.15, 0.2) is 24.3 Å². The van der Waals surface area contributed by atoms with E-state index in [1.165, 1.54) is 5.56 Å². The Hall–Kier alpha value is -1.02. The summed E-state index contributed by atoms with van der Waals surface area (Å²) in [6.45, 7) is 12.1. The van der Waals surface area contributed by atoms with Crippen LogP contribution in [0.2, 0.25) is 0 Å². The van der Waals surface area contributed by atoms with Gasteiger partial charge in [0, 0.05) is 18.5 Å². The van der Waals surface area contributed by atoms with Gasteiger partial charge in [-0.3, -0.25) is 0 Å². The third kappa shape index (κ3) is 3.26. The molecule has 100 valence electrons. The van der Waals surface area contributed by atoms with Crippen LogP contribution in [0.1, 0.15) is 46.6 Å². The summed E-state index contributed by atoms with van der Waals surface area (Å²) in [5.74, 6) is 0.993. The quantitative estimate of drug-likeness (QED) is 0.863. The summed E-state index contributed by atoms with van der Waals surface area (Å²) >= 11 is 0. The molecule has 2 nitrogen and oxygen atoms in total. The molecular formula is C16H25NO. The Labute approximate surface area is 111 Å². The van der Waals surface area contributed by atoms with E-state index in [-0.39, 0.29) is 17.1 Å². The highest BCUT2D eigenvalue weighted by molar-refractivity contribution is 5.32. The number of rotatable bonds is 2. The van der Waals surface area contributed by atoms with E-state index in [1.807, 2.05) is 0 Å². The molecule has 0 spiro atoms. The third-order valence-electron chi connectivity index (χ3n) is 3.55. The van der Waals surface area contributed by atoms with Crippen LogP contribution in [0.5, 0.6) is 5.75 Å². The van der Waals surface area contributed by atoms with Crippen molar-refractivity contribution < 1.29 is 4.74 Å². The largest absolute Gasteiger partial charge is 0.489 e. The van der Waals surface area contributed by atoms with E-state index in [2.05, 4.69) is 64.2 Å². The first-order chi connectivity index (χ1) is 8.26. The van der Waals surface area contributed by atoms with E-state index >= 15 is 0 Å². The van der Waals surface area contributed by atoms with Crippen LogP contribution in [0.4, 0.5) is 0 Å². The Kier molecular flexibility index (Phi) is 3.41. The SMILES string of the molecule is CC1(C)CC(Oc2cccc(C(C)(C)C)c2)CN1. The van der Waals surface area contributed by atoms with Gasteiger partial charge in [0.15, 0.2) is 0 Å². The van der Waals surface area contributed by atoms with Gasteiger partial charge in [-0.05, 0) is 37.0 Å². The minimum Gasteiger partial charge on any atom is -0.489 e. The first-order valence-electron chi connectivity index (χ1n) is 6.78. The van der Waals surface area contributed by atoms with Gasteiger partial charge in [-0.2, -0.15) is 0 Å². The Morgan fingerprint density at radius 3 is 2.56 bits per heavy atom. The van der Waals surface area contributed by atoms with Crippen molar-refractivity contribution in [1.29, 1.82) is 0 Å². The van der Waals surface area contributed by atoms with Crippen molar-refractivity contribution in [2.75, 3.05) is 6.54 Å². The monoisotopic (exact) mass is 247 g/mol. The van der Waals surface area contributed by atoms with Gasteiger partial charge in [0.2, 0.25) is 0 Å². The first-order valence-corrected chi connectivity index (χ1v) is 6.78. The molecule has 0 amide bonds. The molecule has 1 aromatic carbocycles. The number of nitrogens with one attached hydrogen (secondary N) is 1. The fraction of sp³-hybridized carbons (Fsp3) is 0.625. The minimum absolute atomic E-state index is 0.173. The zero-order chi connectivity index (χ0) is 13.4. The van der Waals surface area contributed by atoms with Crippen LogP contribution in [0, 0.1) is 0 Å². The molecule has 0 saturated carbocycles. The molecule has 1 aliphatic rings. The van der Waals surface area contributed by atoms with E-state index in [9.17, 15) is 0 Å². The van der Waals surface area contributed by atoms with Crippen molar-refractivity contribution in [2.45, 2.75) is 58.1 Å². The Bertz CT molecular complexity index is 417. The zero-order valence-corrected chi connectivity index (χ0v) is 12.2. The third-order valence-corrected chi connectivity index (χ3v) is 3.55. The molecule has 1 fully saturated rings. The molecule has 1 heterocycles. The second-order valence-corrected chi connectivity index (χ2v) is 6.99. The summed E-state index contributed by atoms with van der Waals surface area (Å²) in [5, 5.41) is 3.49. The van der Waals surface area contributed by atoms with Gasteiger partial charge in [-0.15, -0.1) is 0 Å². The molecule has 0 bridgehead atoms. The lowest BCUT2D eigenvalue weighted by Gasteiger charge is -2.21. The molecule has 0 aromatic heterocycles. The van der Waals surface area contributed by atoms with Crippen molar-refractivity contribution in [2.24, 2.45) is 0 Å². The highest BCUT2D eigenvalue weighted by atomic mass is 16.5. The molecule has 0 radical (unpaired) electrons. The predicted octanol–water partition coefficient (Wildman–Crippen LogP) is 3.50. The zero-order valence-electron chi connectivity index (χ0n) is 12.2. The summed E-state index contributed by atoms with van der Waals surface area (Å²) in [5.41, 5.74) is 1.70. The number of hydrogen-bond donors (Lipinski definition) is 1. The second kappa shape index (κ2) is 4.58. The Morgan fingerprint density at radius 1 is 1.28 bits per heavy atom. The summed E-state index contributed by atoms with van der Waals surface area (Å²) < 4.78 is 6.08. The van der Waals surface area contributed by atoms with E-state index in [0.717, 1.165) is 18.7 Å². The lowest BCUT2D eigenvalue weighted by molar-refractivity contribution is 0.214. The smallest absolute Gasteiger partial charge is 0.120 e. The van der Waals surface area contributed by atoms with E-state index in [0.29, 0.717) is 0 Å². The number of ether oxygens (including phenoxy) is 1. The molecule has 1 atom stereocenters. The maximum Gasteiger partial charge on any atom is 0.120 e. The molecule has 1 saturated heterocycles.